The quantitative estimate of drug-likeness (QED) is 0.638. The van der Waals surface area contributed by atoms with Gasteiger partial charge in [0, 0.05) is 24.1 Å². The van der Waals surface area contributed by atoms with E-state index in [0.717, 1.165) is 11.3 Å². The molecule has 3 rings (SSSR count). The Morgan fingerprint density at radius 1 is 1.07 bits per heavy atom. The maximum Gasteiger partial charge on any atom is 0.228 e. The Kier molecular flexibility index (Phi) is 8.62. The van der Waals surface area contributed by atoms with Gasteiger partial charge in [0.25, 0.3) is 0 Å². The summed E-state index contributed by atoms with van der Waals surface area (Å²) in [6, 6.07) is 18.3. The predicted molar refractivity (Wildman–Crippen MR) is 120 cm³/mol. The van der Waals surface area contributed by atoms with Gasteiger partial charge in [-0.25, -0.2) is 4.98 Å². The standard InChI is InChI=1S/C22H26N4O.C2H6/c1-17(25(2)3)22(26-14-13-23-16-26)19-9-11-20(12-10-19)24-21(27)15-18-7-5-4-6-8-18;1-2/h4-14,16-17,22H,15H2,1-3H3,(H,24,27);1-2H3. The molecule has 2 aromatic carbocycles. The van der Waals surface area contributed by atoms with Crippen LogP contribution in [0.4, 0.5) is 5.69 Å². The third kappa shape index (κ3) is 6.29. The van der Waals surface area contributed by atoms with Crippen LogP contribution in [0.15, 0.2) is 73.3 Å². The minimum absolute atomic E-state index is 0.0123. The van der Waals surface area contributed by atoms with Gasteiger partial charge < -0.3 is 14.8 Å². The first-order valence-corrected chi connectivity index (χ1v) is 10.1. The third-order valence-electron chi connectivity index (χ3n) is 4.86. The number of amides is 1. The van der Waals surface area contributed by atoms with E-state index < -0.39 is 0 Å². The van der Waals surface area contributed by atoms with Crippen LogP contribution in [0.2, 0.25) is 0 Å². The number of aromatic nitrogens is 2. The molecule has 5 nitrogen and oxygen atoms in total. The average Bonchev–Trinajstić information content (AvgIpc) is 3.26. The van der Waals surface area contributed by atoms with Crippen LogP contribution < -0.4 is 5.32 Å². The van der Waals surface area contributed by atoms with Gasteiger partial charge in [0.2, 0.25) is 5.91 Å². The van der Waals surface area contributed by atoms with Crippen LogP contribution in [-0.2, 0) is 11.2 Å². The molecule has 154 valence electrons. The zero-order valence-electron chi connectivity index (χ0n) is 18.0. The lowest BCUT2D eigenvalue weighted by atomic mass is 9.99. The molecule has 0 saturated carbocycles. The van der Waals surface area contributed by atoms with E-state index in [1.807, 2.05) is 68.8 Å². The van der Waals surface area contributed by atoms with Gasteiger partial charge in [0.15, 0.2) is 0 Å². The molecule has 0 saturated heterocycles. The summed E-state index contributed by atoms with van der Waals surface area (Å²) in [4.78, 5) is 18.6. The molecular weight excluding hydrogens is 360 g/mol. The van der Waals surface area contributed by atoms with Crippen LogP contribution in [0.5, 0.6) is 0 Å². The summed E-state index contributed by atoms with van der Waals surface area (Å²) in [7, 11) is 4.15. The molecule has 0 fully saturated rings. The van der Waals surface area contributed by atoms with Crippen molar-refractivity contribution in [3.05, 3.63) is 84.4 Å². The summed E-state index contributed by atoms with van der Waals surface area (Å²) in [6.45, 7) is 6.19. The number of hydrogen-bond donors (Lipinski definition) is 1. The van der Waals surface area contributed by atoms with Crippen LogP contribution in [-0.4, -0.2) is 40.5 Å². The van der Waals surface area contributed by atoms with Crippen molar-refractivity contribution >= 4 is 11.6 Å². The van der Waals surface area contributed by atoms with Gasteiger partial charge in [-0.3, -0.25) is 4.79 Å². The average molecular weight is 393 g/mol. The van der Waals surface area contributed by atoms with E-state index in [2.05, 4.69) is 52.9 Å². The largest absolute Gasteiger partial charge is 0.328 e. The maximum atomic E-state index is 12.3. The summed E-state index contributed by atoms with van der Waals surface area (Å²) in [6.07, 6.45) is 6.01. The molecular formula is C24H32N4O. The minimum Gasteiger partial charge on any atom is -0.328 e. The van der Waals surface area contributed by atoms with Crippen molar-refractivity contribution in [3.63, 3.8) is 0 Å². The second-order valence-corrected chi connectivity index (χ2v) is 6.99. The Hall–Kier alpha value is -2.92. The molecule has 0 aliphatic rings. The van der Waals surface area contributed by atoms with E-state index in [1.165, 1.54) is 5.56 Å². The molecule has 1 heterocycles. The predicted octanol–water partition coefficient (Wildman–Crippen LogP) is 4.63. The first kappa shape index (κ1) is 22.4. The van der Waals surface area contributed by atoms with Crippen LogP contribution in [0.25, 0.3) is 0 Å². The Morgan fingerprint density at radius 3 is 2.28 bits per heavy atom. The number of likely N-dealkylation sites (N-methyl/N-ethyl adjacent to an activating group) is 1. The lowest BCUT2D eigenvalue weighted by Crippen LogP contribution is -2.34. The first-order valence-electron chi connectivity index (χ1n) is 10.1. The molecule has 0 aliphatic heterocycles. The van der Waals surface area contributed by atoms with Gasteiger partial charge in [-0.2, -0.15) is 0 Å². The Morgan fingerprint density at radius 2 is 1.72 bits per heavy atom. The number of imidazole rings is 1. The lowest BCUT2D eigenvalue weighted by molar-refractivity contribution is -0.115. The van der Waals surface area contributed by atoms with Gasteiger partial charge >= 0.3 is 0 Å². The number of carbonyl (C=O) groups is 1. The molecule has 29 heavy (non-hydrogen) atoms. The fraction of sp³-hybridized carbons (Fsp3) is 0.333. The summed E-state index contributed by atoms with van der Waals surface area (Å²) < 4.78 is 2.12. The van der Waals surface area contributed by atoms with E-state index >= 15 is 0 Å². The molecule has 5 heteroatoms. The number of benzene rings is 2. The number of nitrogens with zero attached hydrogens (tertiary/aromatic N) is 3. The third-order valence-corrected chi connectivity index (χ3v) is 4.86. The first-order chi connectivity index (χ1) is 14.0. The summed E-state index contributed by atoms with van der Waals surface area (Å²) >= 11 is 0. The highest BCUT2D eigenvalue weighted by atomic mass is 16.1. The maximum absolute atomic E-state index is 12.3. The van der Waals surface area contributed by atoms with E-state index in [1.54, 1.807) is 6.20 Å². The highest BCUT2D eigenvalue weighted by Crippen LogP contribution is 2.25. The Labute approximate surface area is 174 Å². The smallest absolute Gasteiger partial charge is 0.228 e. The van der Waals surface area contributed by atoms with Crippen LogP contribution >= 0.6 is 0 Å². The molecule has 3 aromatic rings. The number of rotatable bonds is 7. The van der Waals surface area contributed by atoms with Gasteiger partial charge in [0.05, 0.1) is 18.8 Å². The van der Waals surface area contributed by atoms with Crippen molar-refractivity contribution in [2.24, 2.45) is 0 Å². The monoisotopic (exact) mass is 392 g/mol. The summed E-state index contributed by atoms with van der Waals surface area (Å²) in [5.41, 5.74) is 2.99. The van der Waals surface area contributed by atoms with Gasteiger partial charge in [-0.15, -0.1) is 0 Å². The minimum atomic E-state index is -0.0123. The van der Waals surface area contributed by atoms with Crippen LogP contribution in [0, 0.1) is 0 Å². The van der Waals surface area contributed by atoms with Crippen molar-refractivity contribution in [2.45, 2.75) is 39.3 Å². The summed E-state index contributed by atoms with van der Waals surface area (Å²) in [5.74, 6) is -0.0123. The highest BCUT2D eigenvalue weighted by molar-refractivity contribution is 5.92. The molecule has 2 unspecified atom stereocenters. The molecule has 2 atom stereocenters. The number of hydrogen-bond acceptors (Lipinski definition) is 3. The fourth-order valence-corrected chi connectivity index (χ4v) is 3.17. The van der Waals surface area contributed by atoms with Crippen molar-refractivity contribution in [3.8, 4) is 0 Å². The fourth-order valence-electron chi connectivity index (χ4n) is 3.17. The van der Waals surface area contributed by atoms with Crippen molar-refractivity contribution in [1.82, 2.24) is 14.5 Å². The second-order valence-electron chi connectivity index (χ2n) is 6.99. The number of carbonyl (C=O) groups excluding carboxylic acids is 1. The van der Waals surface area contributed by atoms with Crippen LogP contribution in [0.3, 0.4) is 0 Å². The van der Waals surface area contributed by atoms with E-state index in [-0.39, 0.29) is 18.0 Å². The molecule has 1 aromatic heterocycles. The summed E-state index contributed by atoms with van der Waals surface area (Å²) in [5, 5.41) is 2.97. The van der Waals surface area contributed by atoms with E-state index in [9.17, 15) is 4.79 Å². The Bertz CT molecular complexity index is 842. The van der Waals surface area contributed by atoms with Crippen LogP contribution in [0.1, 0.15) is 37.9 Å². The second kappa shape index (κ2) is 11.2. The number of nitrogens with one attached hydrogen (secondary N) is 1. The van der Waals surface area contributed by atoms with E-state index in [4.69, 9.17) is 0 Å². The van der Waals surface area contributed by atoms with Gasteiger partial charge in [-0.1, -0.05) is 56.3 Å². The molecule has 0 radical (unpaired) electrons. The topological polar surface area (TPSA) is 50.2 Å². The zero-order chi connectivity index (χ0) is 21.2. The van der Waals surface area contributed by atoms with E-state index in [0.29, 0.717) is 6.42 Å². The van der Waals surface area contributed by atoms with Crippen molar-refractivity contribution < 1.29 is 4.79 Å². The normalized spacial score (nSPS) is 12.6. The molecule has 0 bridgehead atoms. The molecule has 1 N–H and O–H groups in total. The van der Waals surface area contributed by atoms with Crippen molar-refractivity contribution in [2.75, 3.05) is 19.4 Å². The Balaban J connectivity index is 0.00000145. The van der Waals surface area contributed by atoms with Gasteiger partial charge in [-0.05, 0) is 44.3 Å². The zero-order valence-corrected chi connectivity index (χ0v) is 18.0. The SMILES string of the molecule is CC.CC(C(c1ccc(NC(=O)Cc2ccccc2)cc1)n1ccnc1)N(C)C. The van der Waals surface area contributed by atoms with Crippen molar-refractivity contribution in [1.29, 1.82) is 0 Å². The number of anilines is 1. The van der Waals surface area contributed by atoms with Gasteiger partial charge in [0.1, 0.15) is 0 Å². The molecule has 0 spiro atoms. The lowest BCUT2D eigenvalue weighted by Gasteiger charge is -2.30. The molecule has 0 aliphatic carbocycles. The molecule has 1 amide bonds. The highest BCUT2D eigenvalue weighted by Gasteiger charge is 2.22.